The van der Waals surface area contributed by atoms with Crippen LogP contribution in [-0.4, -0.2) is 89.4 Å². The predicted octanol–water partition coefficient (Wildman–Crippen LogP) is 1.17. The number of carboxylic acids is 2. The standard InChI is InChI=1S/C32H33N5O10S/c1-48(45,46)13-12-19(15-29(40)41)35-31(43)27(14-20-16-33-18-34-20)36-30(42)26(10-11-28(38)39)37-32(44)47-17-25-23-8-4-2-6-21(23)22-7-3-5-9-24(22)25/h2-9,16,18-19,25-27H,10-11,14-15,17H2,1H3,(H,33,34)(H,35,43)(H,36,42)(H,37,44)(H,38,39)(H,40,41)/t19-,26+,27+/m1/s1. The van der Waals surface area contributed by atoms with Crippen LogP contribution in [0.4, 0.5) is 4.79 Å². The average Bonchev–Trinajstić information content (AvgIpc) is 3.65. The smallest absolute Gasteiger partial charge is 0.407 e. The van der Waals surface area contributed by atoms with Crippen molar-refractivity contribution in [1.29, 1.82) is 0 Å². The van der Waals surface area contributed by atoms with Crippen molar-refractivity contribution in [2.45, 2.75) is 49.7 Å². The average molecular weight is 680 g/mol. The van der Waals surface area contributed by atoms with Gasteiger partial charge >= 0.3 is 18.0 Å². The fraction of sp³-hybridized carbons (Fsp3) is 0.312. The number of fused-ring (bicyclic) bond motifs is 3. The van der Waals surface area contributed by atoms with E-state index in [4.69, 9.17) is 4.74 Å². The zero-order valence-corrected chi connectivity index (χ0v) is 26.5. The van der Waals surface area contributed by atoms with E-state index >= 15 is 0 Å². The largest absolute Gasteiger partial charge is 0.481 e. The Morgan fingerprint density at radius 2 is 1.54 bits per heavy atom. The van der Waals surface area contributed by atoms with E-state index in [1.54, 1.807) is 0 Å². The highest BCUT2D eigenvalue weighted by Crippen LogP contribution is 2.44. The molecular formula is C32H33N5O10S. The fourth-order valence-corrected chi connectivity index (χ4v) is 5.54. The second-order valence-corrected chi connectivity index (χ2v) is 12.7. The highest BCUT2D eigenvalue weighted by atomic mass is 32.2. The molecular weight excluding hydrogens is 646 g/mol. The maximum atomic E-state index is 13.5. The summed E-state index contributed by atoms with van der Waals surface area (Å²) in [7, 11) is -3.84. The first-order valence-electron chi connectivity index (χ1n) is 14.7. The van der Waals surface area contributed by atoms with E-state index in [9.17, 15) is 42.6 Å². The van der Waals surface area contributed by atoms with Gasteiger partial charge in [0, 0.05) is 35.9 Å². The van der Waals surface area contributed by atoms with Gasteiger partial charge in [-0.3, -0.25) is 19.2 Å². The molecule has 0 fully saturated rings. The molecule has 4 rings (SSSR count). The minimum atomic E-state index is -3.84. The van der Waals surface area contributed by atoms with Crippen LogP contribution < -0.4 is 16.0 Å². The van der Waals surface area contributed by atoms with Gasteiger partial charge in [0.25, 0.3) is 0 Å². The van der Waals surface area contributed by atoms with Crippen molar-refractivity contribution in [3.05, 3.63) is 77.9 Å². The predicted molar refractivity (Wildman–Crippen MR) is 170 cm³/mol. The zero-order valence-electron chi connectivity index (χ0n) is 25.6. The number of aliphatic carboxylic acids is 2. The lowest BCUT2D eigenvalue weighted by molar-refractivity contribution is -0.139. The lowest BCUT2D eigenvalue weighted by Crippen LogP contribution is -2.55. The third-order valence-electron chi connectivity index (χ3n) is 7.32. The van der Waals surface area contributed by atoms with E-state index in [0.717, 1.165) is 28.5 Å². The summed E-state index contributed by atoms with van der Waals surface area (Å²) >= 11 is 0. The first-order valence-corrected chi connectivity index (χ1v) is 16.5. The van der Waals surface area contributed by atoms with Gasteiger partial charge in [-0.2, -0.15) is 0 Å². The van der Waals surface area contributed by atoms with Crippen LogP contribution in [-0.2, 0) is 40.2 Å². The summed E-state index contributed by atoms with van der Waals surface area (Å²) in [6, 6.07) is 11.1. The van der Waals surface area contributed by atoms with Crippen molar-refractivity contribution in [3.8, 4) is 22.3 Å². The molecule has 6 N–H and O–H groups in total. The molecule has 0 unspecified atom stereocenters. The van der Waals surface area contributed by atoms with Crippen molar-refractivity contribution in [1.82, 2.24) is 25.9 Å². The molecule has 0 saturated heterocycles. The second-order valence-electron chi connectivity index (χ2n) is 11.0. The maximum absolute atomic E-state index is 13.5. The van der Waals surface area contributed by atoms with E-state index < -0.39 is 70.7 Å². The number of nitrogens with one attached hydrogen (secondary N) is 4. The number of aromatic nitrogens is 2. The number of ether oxygens (including phenoxy) is 1. The van der Waals surface area contributed by atoms with Gasteiger partial charge in [0.1, 0.15) is 24.7 Å². The molecule has 3 atom stereocenters. The van der Waals surface area contributed by atoms with Crippen LogP contribution in [0.1, 0.15) is 42.0 Å². The number of carbonyl (C=O) groups excluding carboxylic acids is 3. The number of imidazole rings is 1. The number of rotatable bonds is 14. The Labute approximate surface area is 275 Å². The van der Waals surface area contributed by atoms with Crippen LogP contribution in [0.5, 0.6) is 0 Å². The molecule has 3 amide bonds. The number of benzene rings is 2. The molecule has 252 valence electrons. The Hall–Kier alpha value is -5.69. The van der Waals surface area contributed by atoms with Crippen LogP contribution in [0, 0.1) is 11.2 Å². The molecule has 0 radical (unpaired) electrons. The monoisotopic (exact) mass is 679 g/mol. The Balaban J connectivity index is 1.48. The van der Waals surface area contributed by atoms with Gasteiger partial charge < -0.3 is 35.9 Å². The Kier molecular flexibility index (Phi) is 11.5. The van der Waals surface area contributed by atoms with Crippen LogP contribution in [0.25, 0.3) is 11.1 Å². The van der Waals surface area contributed by atoms with Crippen LogP contribution >= 0.6 is 0 Å². The quantitative estimate of drug-likeness (QED) is 0.105. The molecule has 1 aliphatic rings. The Morgan fingerprint density at radius 3 is 2.10 bits per heavy atom. The number of amides is 3. The van der Waals surface area contributed by atoms with E-state index in [0.29, 0.717) is 5.69 Å². The van der Waals surface area contributed by atoms with E-state index in [1.807, 2.05) is 53.8 Å². The lowest BCUT2D eigenvalue weighted by atomic mass is 9.98. The SMILES string of the molecule is CS(=O)(=O)C#C[C@H](CC(=O)O)NC(=O)[C@H](Cc1cnc[nH]1)NC(=O)[C@H](CCC(=O)O)NC(=O)OCC1c2ccccc2-c2ccccc21. The van der Waals surface area contributed by atoms with Gasteiger partial charge in [-0.25, -0.2) is 18.2 Å². The van der Waals surface area contributed by atoms with Crippen LogP contribution in [0.2, 0.25) is 0 Å². The van der Waals surface area contributed by atoms with Gasteiger partial charge in [0.05, 0.1) is 19.0 Å². The Bertz CT molecular complexity index is 1800. The Morgan fingerprint density at radius 1 is 0.917 bits per heavy atom. The number of aromatic amines is 1. The molecule has 1 aliphatic carbocycles. The molecule has 1 aromatic heterocycles. The zero-order chi connectivity index (χ0) is 34.8. The van der Waals surface area contributed by atoms with E-state index in [-0.39, 0.29) is 25.4 Å². The number of sulfone groups is 1. The summed E-state index contributed by atoms with van der Waals surface area (Å²) < 4.78 is 28.5. The third kappa shape index (κ3) is 9.90. The van der Waals surface area contributed by atoms with Crippen LogP contribution in [0.15, 0.2) is 61.1 Å². The topological polar surface area (TPSA) is 234 Å². The van der Waals surface area contributed by atoms with Crippen molar-refractivity contribution in [2.24, 2.45) is 0 Å². The third-order valence-corrected chi connectivity index (χ3v) is 7.81. The molecule has 2 aromatic carbocycles. The van der Waals surface area contributed by atoms with Gasteiger partial charge in [0.15, 0.2) is 0 Å². The van der Waals surface area contributed by atoms with Gasteiger partial charge in [-0.15, -0.1) is 0 Å². The molecule has 0 saturated carbocycles. The molecule has 16 heteroatoms. The van der Waals surface area contributed by atoms with Gasteiger partial charge in [-0.1, -0.05) is 54.5 Å². The molecule has 0 aliphatic heterocycles. The number of hydrogen-bond acceptors (Lipinski definition) is 9. The van der Waals surface area contributed by atoms with E-state index in [2.05, 4.69) is 31.8 Å². The highest BCUT2D eigenvalue weighted by Gasteiger charge is 2.32. The number of carboxylic acid groups (broad SMARTS) is 2. The van der Waals surface area contributed by atoms with E-state index in [1.165, 1.54) is 12.5 Å². The van der Waals surface area contributed by atoms with Crippen molar-refractivity contribution in [3.63, 3.8) is 0 Å². The summed E-state index contributed by atoms with van der Waals surface area (Å²) in [5.74, 6) is -2.55. The first kappa shape index (κ1) is 35.2. The summed E-state index contributed by atoms with van der Waals surface area (Å²) in [5.41, 5.74) is 4.33. The normalized spacial score (nSPS) is 13.8. The molecule has 48 heavy (non-hydrogen) atoms. The van der Waals surface area contributed by atoms with Gasteiger partial charge in [-0.05, 0) is 28.7 Å². The molecule has 3 aromatic rings. The summed E-state index contributed by atoms with van der Waals surface area (Å²) in [6.07, 6.45) is 0.715. The molecule has 0 bridgehead atoms. The molecule has 0 spiro atoms. The summed E-state index contributed by atoms with van der Waals surface area (Å²) in [4.78, 5) is 69.1. The van der Waals surface area contributed by atoms with Crippen molar-refractivity contribution < 1.29 is 47.3 Å². The summed E-state index contributed by atoms with van der Waals surface area (Å²) in [5, 5.41) is 27.6. The second kappa shape index (κ2) is 15.7. The minimum absolute atomic E-state index is 0.0720. The lowest BCUT2D eigenvalue weighted by Gasteiger charge is -2.24. The number of nitrogens with zero attached hydrogens (tertiary/aromatic N) is 1. The maximum Gasteiger partial charge on any atom is 0.407 e. The number of carbonyl (C=O) groups is 5. The van der Waals surface area contributed by atoms with Crippen molar-refractivity contribution >= 4 is 39.7 Å². The number of H-pyrrole nitrogens is 1. The van der Waals surface area contributed by atoms with Crippen molar-refractivity contribution in [2.75, 3.05) is 12.9 Å². The summed E-state index contributed by atoms with van der Waals surface area (Å²) in [6.45, 7) is -0.0720. The minimum Gasteiger partial charge on any atom is -0.481 e. The molecule has 15 nitrogen and oxygen atoms in total. The highest BCUT2D eigenvalue weighted by molar-refractivity contribution is 7.95. The number of alkyl carbamates (subject to hydrolysis) is 1. The number of hydrogen-bond donors (Lipinski definition) is 6. The molecule has 1 heterocycles. The fourth-order valence-electron chi connectivity index (χ4n) is 5.18. The van der Waals surface area contributed by atoms with Crippen LogP contribution in [0.3, 0.4) is 0 Å². The first-order chi connectivity index (χ1) is 22.8. The van der Waals surface area contributed by atoms with Gasteiger partial charge in [0.2, 0.25) is 21.7 Å².